The highest BCUT2D eigenvalue weighted by Gasteiger charge is 2.37. The SMILES string of the molecule is CCC(O)CCC(O)(CC)C(C)(C)C. The summed E-state index contributed by atoms with van der Waals surface area (Å²) >= 11 is 0. The van der Waals surface area contributed by atoms with Gasteiger partial charge in [0.25, 0.3) is 0 Å². The van der Waals surface area contributed by atoms with Crippen molar-refractivity contribution in [1.29, 1.82) is 0 Å². The fraction of sp³-hybridized carbons (Fsp3) is 1.00. The third kappa shape index (κ3) is 3.58. The Bertz CT molecular complexity index is 160. The van der Waals surface area contributed by atoms with E-state index in [9.17, 15) is 10.2 Å². The van der Waals surface area contributed by atoms with Crippen LogP contribution in [0.4, 0.5) is 0 Å². The van der Waals surface area contributed by atoms with Gasteiger partial charge >= 0.3 is 0 Å². The average molecular weight is 202 g/mol. The summed E-state index contributed by atoms with van der Waals surface area (Å²) in [6.07, 6.45) is 2.62. The summed E-state index contributed by atoms with van der Waals surface area (Å²) in [6, 6.07) is 0. The van der Waals surface area contributed by atoms with E-state index in [1.807, 2.05) is 13.8 Å². The van der Waals surface area contributed by atoms with E-state index in [2.05, 4.69) is 20.8 Å². The van der Waals surface area contributed by atoms with Crippen molar-refractivity contribution in [1.82, 2.24) is 0 Å². The first kappa shape index (κ1) is 13.9. The molecule has 86 valence electrons. The molecule has 0 aliphatic carbocycles. The van der Waals surface area contributed by atoms with Crippen molar-refractivity contribution in [2.24, 2.45) is 5.41 Å². The summed E-state index contributed by atoms with van der Waals surface area (Å²) in [5.74, 6) is 0. The molecule has 0 aromatic heterocycles. The zero-order valence-corrected chi connectivity index (χ0v) is 10.3. The van der Waals surface area contributed by atoms with Crippen molar-refractivity contribution in [3.05, 3.63) is 0 Å². The number of aliphatic hydroxyl groups is 2. The lowest BCUT2D eigenvalue weighted by molar-refractivity contribution is -0.0749. The van der Waals surface area contributed by atoms with E-state index in [1.165, 1.54) is 0 Å². The van der Waals surface area contributed by atoms with Crippen LogP contribution >= 0.6 is 0 Å². The molecule has 2 unspecified atom stereocenters. The Morgan fingerprint density at radius 3 is 1.93 bits per heavy atom. The molecule has 0 heterocycles. The molecule has 2 N–H and O–H groups in total. The number of rotatable bonds is 5. The molecular weight excluding hydrogens is 176 g/mol. The third-order valence-corrected chi connectivity index (χ3v) is 3.34. The normalized spacial score (nSPS) is 19.1. The molecule has 2 atom stereocenters. The molecule has 0 radical (unpaired) electrons. The van der Waals surface area contributed by atoms with Crippen molar-refractivity contribution in [2.75, 3.05) is 0 Å². The number of hydrogen-bond donors (Lipinski definition) is 2. The van der Waals surface area contributed by atoms with E-state index in [4.69, 9.17) is 0 Å². The van der Waals surface area contributed by atoms with Crippen LogP contribution in [0.2, 0.25) is 0 Å². The van der Waals surface area contributed by atoms with Crippen LogP contribution in [0.3, 0.4) is 0 Å². The minimum absolute atomic E-state index is 0.116. The van der Waals surface area contributed by atoms with Crippen LogP contribution in [0.1, 0.15) is 60.3 Å². The third-order valence-electron chi connectivity index (χ3n) is 3.34. The molecule has 0 saturated carbocycles. The maximum Gasteiger partial charge on any atom is 0.0694 e. The minimum atomic E-state index is -0.650. The van der Waals surface area contributed by atoms with Gasteiger partial charge in [-0.05, 0) is 31.1 Å². The summed E-state index contributed by atoms with van der Waals surface area (Å²) in [7, 11) is 0. The standard InChI is InChI=1S/C12H26O2/c1-6-10(13)8-9-12(14,7-2)11(3,4)5/h10,13-14H,6-9H2,1-5H3. The molecule has 0 bridgehead atoms. The van der Waals surface area contributed by atoms with E-state index < -0.39 is 5.60 Å². The number of aliphatic hydroxyl groups excluding tert-OH is 1. The summed E-state index contributed by atoms with van der Waals surface area (Å²) in [5, 5.41) is 19.9. The van der Waals surface area contributed by atoms with Gasteiger partial charge in [-0.15, -0.1) is 0 Å². The van der Waals surface area contributed by atoms with Crippen molar-refractivity contribution < 1.29 is 10.2 Å². The van der Waals surface area contributed by atoms with Crippen LogP contribution < -0.4 is 0 Å². The van der Waals surface area contributed by atoms with Gasteiger partial charge in [-0.3, -0.25) is 0 Å². The highest BCUT2D eigenvalue weighted by Crippen LogP contribution is 2.37. The first-order valence-corrected chi connectivity index (χ1v) is 5.67. The Morgan fingerprint density at radius 2 is 1.64 bits per heavy atom. The smallest absolute Gasteiger partial charge is 0.0694 e. The quantitative estimate of drug-likeness (QED) is 0.719. The number of hydrogen-bond acceptors (Lipinski definition) is 2. The first-order valence-electron chi connectivity index (χ1n) is 5.67. The van der Waals surface area contributed by atoms with Gasteiger partial charge in [-0.2, -0.15) is 0 Å². The van der Waals surface area contributed by atoms with Crippen LogP contribution in [0.15, 0.2) is 0 Å². The molecule has 0 fully saturated rings. The van der Waals surface area contributed by atoms with Crippen LogP contribution in [-0.4, -0.2) is 21.9 Å². The van der Waals surface area contributed by atoms with E-state index >= 15 is 0 Å². The van der Waals surface area contributed by atoms with Gasteiger partial charge in [0.2, 0.25) is 0 Å². The van der Waals surface area contributed by atoms with Crippen molar-refractivity contribution >= 4 is 0 Å². The first-order chi connectivity index (χ1) is 6.27. The maximum atomic E-state index is 10.4. The second-order valence-corrected chi connectivity index (χ2v) is 5.24. The van der Waals surface area contributed by atoms with Gasteiger partial charge in [-0.1, -0.05) is 34.6 Å². The lowest BCUT2D eigenvalue weighted by atomic mass is 9.72. The molecule has 2 nitrogen and oxygen atoms in total. The van der Waals surface area contributed by atoms with Gasteiger partial charge in [0.1, 0.15) is 0 Å². The van der Waals surface area contributed by atoms with Crippen LogP contribution in [0.25, 0.3) is 0 Å². The van der Waals surface area contributed by atoms with E-state index in [0.29, 0.717) is 12.8 Å². The second-order valence-electron chi connectivity index (χ2n) is 5.24. The molecule has 2 heteroatoms. The lowest BCUT2D eigenvalue weighted by Gasteiger charge is -2.40. The molecule has 0 aliphatic heterocycles. The largest absolute Gasteiger partial charge is 0.393 e. The molecule has 0 saturated heterocycles. The van der Waals surface area contributed by atoms with E-state index in [1.54, 1.807) is 0 Å². The highest BCUT2D eigenvalue weighted by molar-refractivity contribution is 4.89. The van der Waals surface area contributed by atoms with E-state index in [-0.39, 0.29) is 11.5 Å². The Labute approximate surface area is 88.3 Å². The Hall–Kier alpha value is -0.0800. The van der Waals surface area contributed by atoms with Crippen molar-refractivity contribution in [2.45, 2.75) is 72.0 Å². The fourth-order valence-electron chi connectivity index (χ4n) is 1.69. The van der Waals surface area contributed by atoms with Gasteiger partial charge < -0.3 is 10.2 Å². The topological polar surface area (TPSA) is 40.5 Å². The second kappa shape index (κ2) is 5.13. The van der Waals surface area contributed by atoms with E-state index in [0.717, 1.165) is 12.8 Å². The van der Waals surface area contributed by atoms with Gasteiger partial charge in [0.05, 0.1) is 11.7 Å². The van der Waals surface area contributed by atoms with Crippen molar-refractivity contribution in [3.8, 4) is 0 Å². The predicted octanol–water partition coefficient (Wildman–Crippen LogP) is 2.72. The Morgan fingerprint density at radius 1 is 1.14 bits per heavy atom. The Balaban J connectivity index is 4.27. The van der Waals surface area contributed by atoms with Crippen molar-refractivity contribution in [3.63, 3.8) is 0 Å². The van der Waals surface area contributed by atoms with Crippen LogP contribution in [0.5, 0.6) is 0 Å². The summed E-state index contributed by atoms with van der Waals surface area (Å²) < 4.78 is 0. The maximum absolute atomic E-state index is 10.4. The van der Waals surface area contributed by atoms with Crippen LogP contribution in [0, 0.1) is 5.41 Å². The predicted molar refractivity (Wildman–Crippen MR) is 60.2 cm³/mol. The molecule has 0 aromatic carbocycles. The monoisotopic (exact) mass is 202 g/mol. The lowest BCUT2D eigenvalue weighted by Crippen LogP contribution is -2.42. The molecule has 14 heavy (non-hydrogen) atoms. The summed E-state index contributed by atoms with van der Waals surface area (Å²) in [6.45, 7) is 10.1. The minimum Gasteiger partial charge on any atom is -0.393 e. The molecule has 0 aromatic rings. The molecule has 0 aliphatic rings. The highest BCUT2D eigenvalue weighted by atomic mass is 16.3. The van der Waals surface area contributed by atoms with Gasteiger partial charge in [0.15, 0.2) is 0 Å². The van der Waals surface area contributed by atoms with Crippen LogP contribution in [-0.2, 0) is 0 Å². The van der Waals surface area contributed by atoms with Gasteiger partial charge in [-0.25, -0.2) is 0 Å². The summed E-state index contributed by atoms with van der Waals surface area (Å²) in [5.41, 5.74) is -0.766. The molecule has 0 amide bonds. The Kier molecular flexibility index (Phi) is 5.10. The zero-order chi connectivity index (χ0) is 11.4. The molecule has 0 spiro atoms. The average Bonchev–Trinajstić information content (AvgIpc) is 2.11. The zero-order valence-electron chi connectivity index (χ0n) is 10.3. The van der Waals surface area contributed by atoms with Gasteiger partial charge in [0, 0.05) is 0 Å². The molecule has 0 rings (SSSR count). The molecular formula is C12H26O2. The fourth-order valence-corrected chi connectivity index (χ4v) is 1.69. The summed E-state index contributed by atoms with van der Waals surface area (Å²) in [4.78, 5) is 0.